The lowest BCUT2D eigenvalue weighted by atomic mass is 10.2. The summed E-state index contributed by atoms with van der Waals surface area (Å²) in [6, 6.07) is 10.1. The van der Waals surface area contributed by atoms with Crippen molar-refractivity contribution in [3.8, 4) is 0 Å². The van der Waals surface area contributed by atoms with Crippen LogP contribution in [0, 0.1) is 10.1 Å². The SMILES string of the molecule is O=[N+]([O-])c1cccc(S(=O)(=O)Nc2ccc(S(=O)(=O)N3CCCCC3)cc2)c1. The molecule has 3 rings (SSSR count). The molecule has 1 fully saturated rings. The predicted molar refractivity (Wildman–Crippen MR) is 103 cm³/mol. The Bertz CT molecular complexity index is 1080. The van der Waals surface area contributed by atoms with E-state index in [1.165, 1.54) is 46.8 Å². The van der Waals surface area contributed by atoms with Gasteiger partial charge in [-0.3, -0.25) is 14.8 Å². The molecule has 2 aromatic carbocycles. The molecule has 150 valence electrons. The first-order valence-electron chi connectivity index (χ1n) is 8.58. The van der Waals surface area contributed by atoms with Crippen LogP contribution in [-0.4, -0.2) is 39.2 Å². The number of benzene rings is 2. The molecule has 2 aromatic rings. The van der Waals surface area contributed by atoms with Gasteiger partial charge in [-0.05, 0) is 43.2 Å². The lowest BCUT2D eigenvalue weighted by Gasteiger charge is -2.25. The van der Waals surface area contributed by atoms with Crippen LogP contribution in [-0.2, 0) is 20.0 Å². The summed E-state index contributed by atoms with van der Waals surface area (Å²) in [4.78, 5) is 9.98. The monoisotopic (exact) mass is 425 g/mol. The number of hydrogen-bond donors (Lipinski definition) is 1. The van der Waals surface area contributed by atoms with Gasteiger partial charge < -0.3 is 0 Å². The number of nitrogens with zero attached hydrogens (tertiary/aromatic N) is 2. The van der Waals surface area contributed by atoms with E-state index < -0.39 is 25.0 Å². The zero-order valence-corrected chi connectivity index (χ0v) is 16.4. The third-order valence-corrected chi connectivity index (χ3v) is 7.69. The van der Waals surface area contributed by atoms with Gasteiger partial charge in [-0.15, -0.1) is 0 Å². The summed E-state index contributed by atoms with van der Waals surface area (Å²) >= 11 is 0. The quantitative estimate of drug-likeness (QED) is 0.560. The number of nitro benzene ring substituents is 1. The molecule has 11 heteroatoms. The van der Waals surface area contributed by atoms with E-state index in [0.29, 0.717) is 13.1 Å². The largest absolute Gasteiger partial charge is 0.280 e. The molecule has 1 heterocycles. The van der Waals surface area contributed by atoms with Crippen LogP contribution in [0.3, 0.4) is 0 Å². The van der Waals surface area contributed by atoms with Crippen molar-refractivity contribution in [1.82, 2.24) is 4.31 Å². The number of piperidine rings is 1. The average molecular weight is 425 g/mol. The van der Waals surface area contributed by atoms with Crippen LogP contribution in [0.1, 0.15) is 19.3 Å². The van der Waals surface area contributed by atoms with Crippen molar-refractivity contribution < 1.29 is 21.8 Å². The summed E-state index contributed by atoms with van der Waals surface area (Å²) in [5.74, 6) is 0. The number of sulfonamides is 2. The predicted octanol–water partition coefficient (Wildman–Crippen LogP) is 2.57. The van der Waals surface area contributed by atoms with Gasteiger partial charge in [-0.1, -0.05) is 12.5 Å². The molecule has 0 radical (unpaired) electrons. The Kier molecular flexibility index (Phi) is 5.68. The smallest absolute Gasteiger partial charge is 0.270 e. The highest BCUT2D eigenvalue weighted by atomic mass is 32.2. The van der Waals surface area contributed by atoms with Gasteiger partial charge in [0.25, 0.3) is 15.7 Å². The molecule has 0 aromatic heterocycles. The van der Waals surface area contributed by atoms with Crippen molar-refractivity contribution >= 4 is 31.4 Å². The van der Waals surface area contributed by atoms with Crippen molar-refractivity contribution in [2.45, 2.75) is 29.1 Å². The Morgan fingerprint density at radius 3 is 2.14 bits per heavy atom. The minimum atomic E-state index is -4.05. The molecule has 0 unspecified atom stereocenters. The van der Waals surface area contributed by atoms with Crippen LogP contribution in [0.15, 0.2) is 58.3 Å². The number of non-ortho nitro benzene ring substituents is 1. The number of hydrogen-bond acceptors (Lipinski definition) is 6. The van der Waals surface area contributed by atoms with Crippen molar-refractivity contribution in [3.63, 3.8) is 0 Å². The van der Waals surface area contributed by atoms with E-state index in [1.807, 2.05) is 0 Å². The minimum Gasteiger partial charge on any atom is -0.280 e. The van der Waals surface area contributed by atoms with Crippen LogP contribution in [0.25, 0.3) is 0 Å². The summed E-state index contributed by atoms with van der Waals surface area (Å²) in [6.45, 7) is 0.951. The maximum absolute atomic E-state index is 12.6. The Hall–Kier alpha value is -2.50. The summed E-state index contributed by atoms with van der Waals surface area (Å²) in [6.07, 6.45) is 2.64. The first-order valence-corrected chi connectivity index (χ1v) is 11.5. The van der Waals surface area contributed by atoms with E-state index in [0.717, 1.165) is 25.3 Å². The van der Waals surface area contributed by atoms with Gasteiger partial charge in [-0.2, -0.15) is 4.31 Å². The summed E-state index contributed by atoms with van der Waals surface area (Å²) in [7, 11) is -7.66. The number of anilines is 1. The molecule has 0 bridgehead atoms. The van der Waals surface area contributed by atoms with Crippen LogP contribution in [0.5, 0.6) is 0 Å². The van der Waals surface area contributed by atoms with Crippen molar-refractivity contribution in [1.29, 1.82) is 0 Å². The van der Waals surface area contributed by atoms with Crippen LogP contribution in [0.4, 0.5) is 11.4 Å². The molecule has 0 amide bonds. The van der Waals surface area contributed by atoms with E-state index in [-0.39, 0.29) is 21.2 Å². The zero-order valence-electron chi connectivity index (χ0n) is 14.8. The van der Waals surface area contributed by atoms with E-state index in [1.54, 1.807) is 0 Å². The Labute approximate surface area is 163 Å². The molecule has 0 atom stereocenters. The van der Waals surface area contributed by atoms with Gasteiger partial charge >= 0.3 is 0 Å². The second-order valence-electron chi connectivity index (χ2n) is 6.35. The van der Waals surface area contributed by atoms with Gasteiger partial charge in [-0.25, -0.2) is 16.8 Å². The lowest BCUT2D eigenvalue weighted by molar-refractivity contribution is -0.385. The van der Waals surface area contributed by atoms with Gasteiger partial charge in [0, 0.05) is 30.9 Å². The molecule has 9 nitrogen and oxygen atoms in total. The van der Waals surface area contributed by atoms with Crippen molar-refractivity contribution in [2.75, 3.05) is 17.8 Å². The van der Waals surface area contributed by atoms with E-state index >= 15 is 0 Å². The normalized spacial score (nSPS) is 15.9. The molecule has 0 aliphatic carbocycles. The van der Waals surface area contributed by atoms with Crippen LogP contribution < -0.4 is 4.72 Å². The maximum Gasteiger partial charge on any atom is 0.270 e. The Morgan fingerprint density at radius 1 is 0.893 bits per heavy atom. The summed E-state index contributed by atoms with van der Waals surface area (Å²) in [5, 5.41) is 10.8. The molecular weight excluding hydrogens is 406 g/mol. The van der Waals surface area contributed by atoms with Gasteiger partial charge in [0.05, 0.1) is 14.7 Å². The third-order valence-electron chi connectivity index (χ3n) is 4.40. The fourth-order valence-electron chi connectivity index (χ4n) is 2.93. The van der Waals surface area contributed by atoms with Crippen LogP contribution >= 0.6 is 0 Å². The van der Waals surface area contributed by atoms with Crippen molar-refractivity contribution in [2.24, 2.45) is 0 Å². The number of nitro groups is 1. The Balaban J connectivity index is 1.80. The molecule has 1 aliphatic rings. The highest BCUT2D eigenvalue weighted by Gasteiger charge is 2.26. The van der Waals surface area contributed by atoms with E-state index in [2.05, 4.69) is 4.72 Å². The first kappa shape index (κ1) is 20.2. The average Bonchev–Trinajstić information content (AvgIpc) is 2.69. The fourth-order valence-corrected chi connectivity index (χ4v) is 5.54. The van der Waals surface area contributed by atoms with Crippen LogP contribution in [0.2, 0.25) is 0 Å². The molecule has 28 heavy (non-hydrogen) atoms. The highest BCUT2D eigenvalue weighted by Crippen LogP contribution is 2.24. The Morgan fingerprint density at radius 2 is 1.54 bits per heavy atom. The summed E-state index contributed by atoms with van der Waals surface area (Å²) < 4.78 is 53.9. The molecule has 0 spiro atoms. The second-order valence-corrected chi connectivity index (χ2v) is 9.97. The minimum absolute atomic E-state index is 0.0905. The summed E-state index contributed by atoms with van der Waals surface area (Å²) in [5.41, 5.74) is -0.185. The van der Waals surface area contributed by atoms with Gasteiger partial charge in [0.1, 0.15) is 0 Å². The van der Waals surface area contributed by atoms with Gasteiger partial charge in [0.15, 0.2) is 0 Å². The molecule has 0 saturated carbocycles. The molecule has 1 N–H and O–H groups in total. The number of rotatable bonds is 6. The highest BCUT2D eigenvalue weighted by molar-refractivity contribution is 7.92. The van der Waals surface area contributed by atoms with E-state index in [4.69, 9.17) is 0 Å². The standard InChI is InChI=1S/C17H19N3O6S2/c21-20(22)15-5-4-6-17(13-15)27(23,24)18-14-7-9-16(10-8-14)28(25,26)19-11-2-1-3-12-19/h4-10,13,18H,1-3,11-12H2. The number of nitrogens with one attached hydrogen (secondary N) is 1. The van der Waals surface area contributed by atoms with Gasteiger partial charge in [0.2, 0.25) is 10.0 Å². The second kappa shape index (κ2) is 7.86. The maximum atomic E-state index is 12.6. The molecule has 1 saturated heterocycles. The lowest BCUT2D eigenvalue weighted by Crippen LogP contribution is -2.35. The first-order chi connectivity index (χ1) is 13.2. The topological polar surface area (TPSA) is 127 Å². The molecule has 1 aliphatic heterocycles. The fraction of sp³-hybridized carbons (Fsp3) is 0.294. The van der Waals surface area contributed by atoms with E-state index in [9.17, 15) is 26.9 Å². The third kappa shape index (κ3) is 4.32. The van der Waals surface area contributed by atoms with Crippen molar-refractivity contribution in [3.05, 3.63) is 58.6 Å². The zero-order chi connectivity index (χ0) is 20.4. The molecular formula is C17H19N3O6S2.